The number of benzene rings is 1. The molecule has 0 atom stereocenters. The molecule has 0 unspecified atom stereocenters. The highest BCUT2D eigenvalue weighted by Gasteiger charge is 2.07. The van der Waals surface area contributed by atoms with E-state index in [0.29, 0.717) is 35.0 Å². The minimum absolute atomic E-state index is 0.160. The summed E-state index contributed by atoms with van der Waals surface area (Å²) >= 11 is 5.53. The number of rotatable bonds is 4. The zero-order chi connectivity index (χ0) is 14.4. The minimum atomic E-state index is -0.410. The van der Waals surface area contributed by atoms with Crippen LogP contribution < -0.4 is 4.74 Å². The third-order valence-electron chi connectivity index (χ3n) is 2.45. The number of halogens is 2. The predicted octanol–water partition coefficient (Wildman–Crippen LogP) is 3.08. The van der Waals surface area contributed by atoms with Crippen LogP contribution in [0.2, 0.25) is 0 Å². The lowest BCUT2D eigenvalue weighted by Crippen LogP contribution is -1.98. The van der Waals surface area contributed by atoms with Gasteiger partial charge in [0.2, 0.25) is 0 Å². The van der Waals surface area contributed by atoms with Crippen LogP contribution in [-0.4, -0.2) is 16.2 Å². The smallest absolute Gasteiger partial charge is 0.145 e. The summed E-state index contributed by atoms with van der Waals surface area (Å²) in [4.78, 5) is 0. The van der Waals surface area contributed by atoms with Crippen molar-refractivity contribution in [2.45, 2.75) is 20.0 Å². The van der Waals surface area contributed by atoms with Gasteiger partial charge >= 0.3 is 0 Å². The van der Waals surface area contributed by atoms with E-state index in [1.807, 2.05) is 0 Å². The zero-order valence-electron chi connectivity index (χ0n) is 10.8. The Hall–Kier alpha value is -2.06. The number of alkyl halides is 1. The molecule has 0 saturated carbocycles. The summed E-state index contributed by atoms with van der Waals surface area (Å²) in [5.41, 5.74) is 1.76. The third kappa shape index (κ3) is 3.97. The molecule has 0 aliphatic carbocycles. The Bertz CT molecular complexity index is 646. The van der Waals surface area contributed by atoms with E-state index in [1.54, 1.807) is 13.0 Å². The lowest BCUT2D eigenvalue weighted by atomic mass is 10.2. The maximum atomic E-state index is 13.5. The average Bonchev–Trinajstić information content (AvgIpc) is 2.82. The van der Waals surface area contributed by atoms with Crippen LogP contribution in [0, 0.1) is 24.6 Å². The maximum Gasteiger partial charge on any atom is 0.145 e. The van der Waals surface area contributed by atoms with E-state index < -0.39 is 5.82 Å². The van der Waals surface area contributed by atoms with E-state index in [-0.39, 0.29) is 6.61 Å². The average molecular weight is 295 g/mol. The van der Waals surface area contributed by atoms with Gasteiger partial charge in [-0.05, 0) is 19.1 Å². The Kier molecular flexibility index (Phi) is 4.97. The fourth-order valence-electron chi connectivity index (χ4n) is 1.46. The molecule has 0 radical (unpaired) electrons. The number of hydrogen-bond donors (Lipinski definition) is 0. The summed E-state index contributed by atoms with van der Waals surface area (Å²) in [6.45, 7) is 1.91. The number of aromatic nitrogens is 2. The normalized spacial score (nSPS) is 9.95. The van der Waals surface area contributed by atoms with Gasteiger partial charge in [-0.25, -0.2) is 9.02 Å². The first kappa shape index (κ1) is 14.4. The molecular weight excluding hydrogens is 283 g/mol. The second-order valence-corrected chi connectivity index (χ2v) is 4.38. The first-order valence-corrected chi connectivity index (χ1v) is 6.49. The molecule has 1 aromatic carbocycles. The van der Waals surface area contributed by atoms with Gasteiger partial charge in [0.05, 0.1) is 0 Å². The standard InChI is InChI=1S/C14H12ClFN2O2/c1-10-14(18-20-17-10)9-19-13-7-11(4-2-3-5-15)6-12(16)8-13/h6-8H,3,5,9H2,1H3. The van der Waals surface area contributed by atoms with Crippen molar-refractivity contribution in [1.29, 1.82) is 0 Å². The Morgan fingerprint density at radius 2 is 2.20 bits per heavy atom. The Labute approximate surface area is 120 Å². The first-order chi connectivity index (χ1) is 9.69. The van der Waals surface area contributed by atoms with Crippen LogP contribution in [0.5, 0.6) is 5.75 Å². The molecule has 4 nitrogen and oxygen atoms in total. The van der Waals surface area contributed by atoms with Gasteiger partial charge in [-0.2, -0.15) is 0 Å². The molecule has 0 N–H and O–H groups in total. The summed E-state index contributed by atoms with van der Waals surface area (Å²) in [7, 11) is 0. The summed E-state index contributed by atoms with van der Waals surface area (Å²) in [6, 6.07) is 4.29. The van der Waals surface area contributed by atoms with Crippen molar-refractivity contribution in [2.75, 3.05) is 5.88 Å². The molecule has 6 heteroatoms. The molecule has 0 amide bonds. The van der Waals surface area contributed by atoms with E-state index in [9.17, 15) is 4.39 Å². The first-order valence-electron chi connectivity index (χ1n) is 5.95. The van der Waals surface area contributed by atoms with Gasteiger partial charge in [0.15, 0.2) is 0 Å². The molecule has 0 saturated heterocycles. The molecular formula is C14H12ClFN2O2. The number of ether oxygens (including phenoxy) is 1. The summed E-state index contributed by atoms with van der Waals surface area (Å²) in [5, 5.41) is 7.33. The van der Waals surface area contributed by atoms with Crippen molar-refractivity contribution in [2.24, 2.45) is 0 Å². The minimum Gasteiger partial charge on any atom is -0.487 e. The Morgan fingerprint density at radius 1 is 1.35 bits per heavy atom. The monoisotopic (exact) mass is 294 g/mol. The highest BCUT2D eigenvalue weighted by atomic mass is 35.5. The summed E-state index contributed by atoms with van der Waals surface area (Å²) < 4.78 is 23.5. The third-order valence-corrected chi connectivity index (χ3v) is 2.63. The van der Waals surface area contributed by atoms with E-state index in [0.717, 1.165) is 0 Å². The molecule has 0 aliphatic rings. The van der Waals surface area contributed by atoms with Crippen LogP contribution >= 0.6 is 11.6 Å². The molecule has 104 valence electrons. The SMILES string of the molecule is Cc1nonc1COc1cc(F)cc(C#CCCCl)c1. The van der Waals surface area contributed by atoms with Gasteiger partial charge in [0.25, 0.3) is 0 Å². The van der Waals surface area contributed by atoms with E-state index in [4.69, 9.17) is 16.3 Å². The summed E-state index contributed by atoms with van der Waals surface area (Å²) in [5.74, 6) is 6.09. The molecule has 2 rings (SSSR count). The molecule has 2 aromatic rings. The van der Waals surface area contributed by atoms with Crippen LogP contribution in [0.25, 0.3) is 0 Å². The van der Waals surface area contributed by atoms with E-state index in [1.165, 1.54) is 12.1 Å². The Morgan fingerprint density at radius 3 is 2.90 bits per heavy atom. The summed E-state index contributed by atoms with van der Waals surface area (Å²) in [6.07, 6.45) is 0.554. The largest absolute Gasteiger partial charge is 0.487 e. The van der Waals surface area contributed by atoms with Gasteiger partial charge in [-0.3, -0.25) is 0 Å². The van der Waals surface area contributed by atoms with Gasteiger partial charge < -0.3 is 4.74 Å². The highest BCUT2D eigenvalue weighted by molar-refractivity contribution is 6.18. The lowest BCUT2D eigenvalue weighted by molar-refractivity contribution is 0.269. The van der Waals surface area contributed by atoms with E-state index >= 15 is 0 Å². The van der Waals surface area contributed by atoms with Crippen LogP contribution in [0.15, 0.2) is 22.8 Å². The Balaban J connectivity index is 2.08. The van der Waals surface area contributed by atoms with Crippen molar-refractivity contribution < 1.29 is 13.8 Å². The molecule has 20 heavy (non-hydrogen) atoms. The quantitative estimate of drug-likeness (QED) is 0.642. The molecule has 0 aliphatic heterocycles. The number of hydrogen-bond acceptors (Lipinski definition) is 4. The van der Waals surface area contributed by atoms with Gasteiger partial charge in [0.1, 0.15) is 29.6 Å². The molecule has 1 heterocycles. The van der Waals surface area contributed by atoms with Crippen LogP contribution in [0.4, 0.5) is 4.39 Å². The van der Waals surface area contributed by atoms with Gasteiger partial charge in [0, 0.05) is 23.9 Å². The second-order valence-electron chi connectivity index (χ2n) is 4.00. The topological polar surface area (TPSA) is 48.2 Å². The van der Waals surface area contributed by atoms with Crippen LogP contribution in [-0.2, 0) is 6.61 Å². The molecule has 1 aromatic heterocycles. The predicted molar refractivity (Wildman–Crippen MR) is 72.0 cm³/mol. The second kappa shape index (κ2) is 6.92. The molecule has 0 fully saturated rings. The lowest BCUT2D eigenvalue weighted by Gasteiger charge is -2.05. The molecule has 0 spiro atoms. The fraction of sp³-hybridized carbons (Fsp3) is 0.286. The van der Waals surface area contributed by atoms with Crippen LogP contribution in [0.3, 0.4) is 0 Å². The van der Waals surface area contributed by atoms with E-state index in [2.05, 4.69) is 26.8 Å². The van der Waals surface area contributed by atoms with Gasteiger partial charge in [-0.1, -0.05) is 22.2 Å². The van der Waals surface area contributed by atoms with Gasteiger partial charge in [-0.15, -0.1) is 11.6 Å². The number of nitrogens with zero attached hydrogens (tertiary/aromatic N) is 2. The van der Waals surface area contributed by atoms with Crippen molar-refractivity contribution >= 4 is 11.6 Å². The number of aryl methyl sites for hydroxylation is 1. The highest BCUT2D eigenvalue weighted by Crippen LogP contribution is 2.17. The van der Waals surface area contributed by atoms with Crippen molar-refractivity contribution in [1.82, 2.24) is 10.3 Å². The van der Waals surface area contributed by atoms with Crippen LogP contribution in [0.1, 0.15) is 23.4 Å². The zero-order valence-corrected chi connectivity index (χ0v) is 11.6. The maximum absolute atomic E-state index is 13.5. The fourth-order valence-corrected chi connectivity index (χ4v) is 1.56. The van der Waals surface area contributed by atoms with Crippen molar-refractivity contribution in [3.05, 3.63) is 41.0 Å². The van der Waals surface area contributed by atoms with Crippen molar-refractivity contribution in [3.8, 4) is 17.6 Å². The van der Waals surface area contributed by atoms with Crippen molar-refractivity contribution in [3.63, 3.8) is 0 Å². The molecule has 0 bridgehead atoms.